The van der Waals surface area contributed by atoms with Gasteiger partial charge in [0, 0.05) is 38.4 Å². The standard InChI is InChI=1S/C52H33NO2/c1-2-17-39-35(13-1)14-10-21-40(39)36-31-29-34(30-32-36)37-15-9-16-38(33-37)53(48-26-12-24-46-43-20-5-8-28-50(43)55-52(46)48)47-25-6-3-18-41(47)44-22-11-23-45-42-19-4-7-27-49(42)54-51(44)45/h1-33H. The minimum atomic E-state index is 0.838. The first-order valence-corrected chi connectivity index (χ1v) is 18.7. The van der Waals surface area contributed by atoms with Crippen LogP contribution in [0.15, 0.2) is 209 Å². The van der Waals surface area contributed by atoms with Crippen LogP contribution in [0.3, 0.4) is 0 Å². The zero-order valence-corrected chi connectivity index (χ0v) is 29.8. The topological polar surface area (TPSA) is 29.5 Å². The van der Waals surface area contributed by atoms with Crippen LogP contribution in [0.25, 0.3) is 88.0 Å². The molecule has 0 radical (unpaired) electrons. The van der Waals surface area contributed by atoms with Gasteiger partial charge in [-0.2, -0.15) is 0 Å². The van der Waals surface area contributed by atoms with E-state index in [2.05, 4.69) is 181 Å². The van der Waals surface area contributed by atoms with Crippen LogP contribution < -0.4 is 4.90 Å². The van der Waals surface area contributed by atoms with Crippen LogP contribution in [0, 0.1) is 0 Å². The molecule has 0 fully saturated rings. The summed E-state index contributed by atoms with van der Waals surface area (Å²) in [5, 5.41) is 6.89. The summed E-state index contributed by atoms with van der Waals surface area (Å²) in [5.41, 5.74) is 13.3. The number of para-hydroxylation sites is 5. The van der Waals surface area contributed by atoms with Gasteiger partial charge in [-0.05, 0) is 69.4 Å². The van der Waals surface area contributed by atoms with Crippen LogP contribution >= 0.6 is 0 Å². The Hall–Kier alpha value is -7.36. The maximum Gasteiger partial charge on any atom is 0.159 e. The van der Waals surface area contributed by atoms with E-state index >= 15 is 0 Å². The highest BCUT2D eigenvalue weighted by Crippen LogP contribution is 2.47. The molecule has 55 heavy (non-hydrogen) atoms. The first-order chi connectivity index (χ1) is 27.3. The molecule has 2 aromatic heterocycles. The van der Waals surface area contributed by atoms with E-state index in [4.69, 9.17) is 8.83 Å². The maximum atomic E-state index is 6.70. The molecule has 0 amide bonds. The summed E-state index contributed by atoms with van der Waals surface area (Å²) in [5.74, 6) is 0. The average molecular weight is 704 g/mol. The van der Waals surface area contributed by atoms with Gasteiger partial charge in [-0.1, -0.05) is 164 Å². The molecule has 0 aliphatic heterocycles. The normalized spacial score (nSPS) is 11.6. The van der Waals surface area contributed by atoms with Crippen LogP contribution in [0.2, 0.25) is 0 Å². The summed E-state index contributed by atoms with van der Waals surface area (Å²) in [6.45, 7) is 0. The summed E-state index contributed by atoms with van der Waals surface area (Å²) in [4.78, 5) is 2.34. The van der Waals surface area contributed by atoms with Gasteiger partial charge in [0.2, 0.25) is 0 Å². The van der Waals surface area contributed by atoms with Crippen molar-refractivity contribution in [1.82, 2.24) is 0 Å². The minimum absolute atomic E-state index is 0.838. The molecule has 0 aliphatic rings. The zero-order chi connectivity index (χ0) is 36.3. The molecule has 0 saturated carbocycles. The molecule has 2 heterocycles. The van der Waals surface area contributed by atoms with Gasteiger partial charge < -0.3 is 13.7 Å². The van der Waals surface area contributed by atoms with E-state index in [1.165, 1.54) is 21.9 Å². The smallest absolute Gasteiger partial charge is 0.159 e. The molecular formula is C52H33NO2. The fourth-order valence-corrected chi connectivity index (χ4v) is 8.32. The SMILES string of the molecule is c1cc(-c2ccc(-c3cccc4ccccc34)cc2)cc(N(c2ccccc2-c2cccc3c2oc2ccccc23)c2cccc3c2oc2ccccc23)c1. The van der Waals surface area contributed by atoms with E-state index in [9.17, 15) is 0 Å². The predicted octanol–water partition coefficient (Wildman–Crippen LogP) is 15.1. The van der Waals surface area contributed by atoms with Crippen molar-refractivity contribution in [2.75, 3.05) is 4.90 Å². The molecule has 9 aromatic carbocycles. The highest BCUT2D eigenvalue weighted by atomic mass is 16.3. The largest absolute Gasteiger partial charge is 0.455 e. The Morgan fingerprint density at radius 2 is 0.836 bits per heavy atom. The molecule has 0 saturated heterocycles. The van der Waals surface area contributed by atoms with Crippen molar-refractivity contribution in [3.63, 3.8) is 0 Å². The molecule has 0 spiro atoms. The highest BCUT2D eigenvalue weighted by molar-refractivity contribution is 6.13. The molecule has 0 N–H and O–H groups in total. The molecule has 3 heteroatoms. The van der Waals surface area contributed by atoms with Crippen molar-refractivity contribution in [1.29, 1.82) is 0 Å². The van der Waals surface area contributed by atoms with E-state index in [0.717, 1.165) is 83.2 Å². The maximum absolute atomic E-state index is 6.70. The van der Waals surface area contributed by atoms with E-state index in [1.54, 1.807) is 0 Å². The lowest BCUT2D eigenvalue weighted by atomic mass is 9.96. The van der Waals surface area contributed by atoms with Crippen molar-refractivity contribution in [3.05, 3.63) is 200 Å². The van der Waals surface area contributed by atoms with E-state index in [1.807, 2.05) is 24.3 Å². The molecule has 0 atom stereocenters. The van der Waals surface area contributed by atoms with Gasteiger partial charge in [-0.3, -0.25) is 0 Å². The van der Waals surface area contributed by atoms with Crippen LogP contribution in [0.4, 0.5) is 17.1 Å². The Balaban J connectivity index is 1.10. The summed E-state index contributed by atoms with van der Waals surface area (Å²) >= 11 is 0. The van der Waals surface area contributed by atoms with Gasteiger partial charge >= 0.3 is 0 Å². The second-order valence-corrected chi connectivity index (χ2v) is 14.0. The lowest BCUT2D eigenvalue weighted by Crippen LogP contribution is -2.11. The highest BCUT2D eigenvalue weighted by Gasteiger charge is 2.24. The monoisotopic (exact) mass is 703 g/mol. The number of hydrogen-bond acceptors (Lipinski definition) is 3. The number of nitrogens with zero attached hydrogens (tertiary/aromatic N) is 1. The summed E-state index contributed by atoms with van der Waals surface area (Å²) < 4.78 is 13.3. The first kappa shape index (κ1) is 31.2. The Kier molecular flexibility index (Phi) is 7.17. The number of hydrogen-bond donors (Lipinski definition) is 0. The molecule has 3 nitrogen and oxygen atoms in total. The van der Waals surface area contributed by atoms with Gasteiger partial charge in [-0.15, -0.1) is 0 Å². The Bertz CT molecular complexity index is 3220. The van der Waals surface area contributed by atoms with Crippen molar-refractivity contribution in [3.8, 4) is 33.4 Å². The molecule has 258 valence electrons. The summed E-state index contributed by atoms with van der Waals surface area (Å²) in [6, 6.07) is 70.9. The lowest BCUT2D eigenvalue weighted by molar-refractivity contribution is 0.669. The van der Waals surface area contributed by atoms with Crippen molar-refractivity contribution >= 4 is 71.7 Å². The van der Waals surface area contributed by atoms with E-state index in [0.29, 0.717) is 0 Å². The molecule has 0 unspecified atom stereocenters. The summed E-state index contributed by atoms with van der Waals surface area (Å²) in [6.07, 6.45) is 0. The lowest BCUT2D eigenvalue weighted by Gasteiger charge is -2.28. The number of benzene rings is 9. The van der Waals surface area contributed by atoms with Crippen LogP contribution in [0.5, 0.6) is 0 Å². The molecular weight excluding hydrogens is 671 g/mol. The van der Waals surface area contributed by atoms with Crippen LogP contribution in [-0.4, -0.2) is 0 Å². The van der Waals surface area contributed by atoms with Gasteiger partial charge in [0.1, 0.15) is 16.7 Å². The number of rotatable bonds is 6. The third-order valence-electron chi connectivity index (χ3n) is 10.9. The van der Waals surface area contributed by atoms with Gasteiger partial charge in [-0.25, -0.2) is 0 Å². The van der Waals surface area contributed by atoms with Crippen LogP contribution in [0.1, 0.15) is 0 Å². The van der Waals surface area contributed by atoms with Crippen molar-refractivity contribution in [2.45, 2.75) is 0 Å². The van der Waals surface area contributed by atoms with Gasteiger partial charge in [0.15, 0.2) is 5.58 Å². The van der Waals surface area contributed by atoms with E-state index < -0.39 is 0 Å². The molecule has 11 aromatic rings. The molecule has 11 rings (SSSR count). The Morgan fingerprint density at radius 3 is 1.65 bits per heavy atom. The number of anilines is 3. The first-order valence-electron chi connectivity index (χ1n) is 18.7. The van der Waals surface area contributed by atoms with Gasteiger partial charge in [0.05, 0.1) is 11.4 Å². The Morgan fingerprint density at radius 1 is 0.309 bits per heavy atom. The third kappa shape index (κ3) is 5.13. The number of fused-ring (bicyclic) bond motifs is 7. The Labute approximate surface area is 317 Å². The predicted molar refractivity (Wildman–Crippen MR) is 229 cm³/mol. The number of furan rings is 2. The van der Waals surface area contributed by atoms with Crippen molar-refractivity contribution < 1.29 is 8.83 Å². The second kappa shape index (κ2) is 12.6. The summed E-state index contributed by atoms with van der Waals surface area (Å²) in [7, 11) is 0. The molecule has 0 aliphatic carbocycles. The third-order valence-corrected chi connectivity index (χ3v) is 10.9. The fourth-order valence-electron chi connectivity index (χ4n) is 8.32. The molecule has 0 bridgehead atoms. The van der Waals surface area contributed by atoms with Crippen molar-refractivity contribution in [2.24, 2.45) is 0 Å². The fraction of sp³-hybridized carbons (Fsp3) is 0. The van der Waals surface area contributed by atoms with Crippen LogP contribution in [-0.2, 0) is 0 Å². The second-order valence-electron chi connectivity index (χ2n) is 14.0. The minimum Gasteiger partial charge on any atom is -0.455 e. The quantitative estimate of drug-likeness (QED) is 0.173. The zero-order valence-electron chi connectivity index (χ0n) is 29.8. The van der Waals surface area contributed by atoms with Gasteiger partial charge in [0.25, 0.3) is 0 Å². The van der Waals surface area contributed by atoms with E-state index in [-0.39, 0.29) is 0 Å². The average Bonchev–Trinajstić information content (AvgIpc) is 3.83.